The van der Waals surface area contributed by atoms with E-state index in [0.29, 0.717) is 12.1 Å². The molecule has 0 atom stereocenters. The number of aromatic nitrogens is 2. The van der Waals surface area contributed by atoms with Gasteiger partial charge in [0, 0.05) is 23.2 Å². The van der Waals surface area contributed by atoms with Gasteiger partial charge in [0.1, 0.15) is 11.6 Å². The lowest BCUT2D eigenvalue weighted by atomic mass is 10.2. The number of phenols is 1. The van der Waals surface area contributed by atoms with Gasteiger partial charge in [0.15, 0.2) is 0 Å². The Kier molecular flexibility index (Phi) is 2.79. The zero-order valence-corrected chi connectivity index (χ0v) is 10.0. The number of halogens is 1. The number of hydrogen-bond donors (Lipinski definition) is 3. The van der Waals surface area contributed by atoms with Gasteiger partial charge in [0.05, 0.1) is 11.7 Å². The van der Waals surface area contributed by atoms with Crippen molar-refractivity contribution in [3.8, 4) is 5.75 Å². The lowest BCUT2D eigenvalue weighted by Gasteiger charge is -2.08. The molecule has 0 spiro atoms. The summed E-state index contributed by atoms with van der Waals surface area (Å²) in [5, 5.41) is 20.6. The SMILES string of the molecule is Oc1ccc(F)cc1CNc1ccc2[nH]ncc2c1. The number of rotatable bonds is 3. The molecule has 0 aliphatic carbocycles. The van der Waals surface area contributed by atoms with Gasteiger partial charge in [0.25, 0.3) is 0 Å². The summed E-state index contributed by atoms with van der Waals surface area (Å²) in [6, 6.07) is 9.66. The largest absolute Gasteiger partial charge is 0.508 e. The molecular weight excluding hydrogens is 245 g/mol. The van der Waals surface area contributed by atoms with Crippen molar-refractivity contribution >= 4 is 16.6 Å². The van der Waals surface area contributed by atoms with Crippen LogP contribution in [0.3, 0.4) is 0 Å². The quantitative estimate of drug-likeness (QED) is 0.676. The highest BCUT2D eigenvalue weighted by Gasteiger charge is 2.03. The molecule has 0 radical (unpaired) electrons. The van der Waals surface area contributed by atoms with Gasteiger partial charge in [0.2, 0.25) is 0 Å². The topological polar surface area (TPSA) is 60.9 Å². The molecule has 4 nitrogen and oxygen atoms in total. The molecule has 2 aromatic carbocycles. The zero-order valence-electron chi connectivity index (χ0n) is 10.0. The van der Waals surface area contributed by atoms with Crippen LogP contribution in [0.2, 0.25) is 0 Å². The normalized spacial score (nSPS) is 10.8. The van der Waals surface area contributed by atoms with Gasteiger partial charge in [-0.1, -0.05) is 0 Å². The minimum atomic E-state index is -0.361. The van der Waals surface area contributed by atoms with E-state index in [1.807, 2.05) is 18.2 Å². The Bertz CT molecular complexity index is 724. The van der Waals surface area contributed by atoms with E-state index in [-0.39, 0.29) is 11.6 Å². The van der Waals surface area contributed by atoms with Gasteiger partial charge in [-0.15, -0.1) is 0 Å². The van der Waals surface area contributed by atoms with Crippen LogP contribution in [-0.4, -0.2) is 15.3 Å². The van der Waals surface area contributed by atoms with Gasteiger partial charge in [-0.2, -0.15) is 5.10 Å². The van der Waals surface area contributed by atoms with Crippen molar-refractivity contribution in [2.75, 3.05) is 5.32 Å². The maximum absolute atomic E-state index is 13.1. The minimum Gasteiger partial charge on any atom is -0.508 e. The monoisotopic (exact) mass is 257 g/mol. The van der Waals surface area contributed by atoms with Crippen LogP contribution in [0.1, 0.15) is 5.56 Å². The van der Waals surface area contributed by atoms with Gasteiger partial charge < -0.3 is 10.4 Å². The molecule has 0 unspecified atom stereocenters. The number of anilines is 1. The number of aromatic amines is 1. The summed E-state index contributed by atoms with van der Waals surface area (Å²) in [7, 11) is 0. The fourth-order valence-electron chi connectivity index (χ4n) is 1.95. The van der Waals surface area contributed by atoms with Crippen LogP contribution in [0.15, 0.2) is 42.6 Å². The van der Waals surface area contributed by atoms with Crippen LogP contribution in [0.25, 0.3) is 10.9 Å². The third-order valence-corrected chi connectivity index (χ3v) is 2.96. The number of hydrogen-bond acceptors (Lipinski definition) is 3. The molecule has 19 heavy (non-hydrogen) atoms. The fourth-order valence-corrected chi connectivity index (χ4v) is 1.95. The molecule has 96 valence electrons. The van der Waals surface area contributed by atoms with Crippen LogP contribution in [0, 0.1) is 5.82 Å². The molecule has 0 saturated heterocycles. The lowest BCUT2D eigenvalue weighted by molar-refractivity contribution is 0.466. The van der Waals surface area contributed by atoms with Crippen LogP contribution >= 0.6 is 0 Å². The van der Waals surface area contributed by atoms with E-state index in [1.54, 1.807) is 6.20 Å². The first kappa shape index (κ1) is 11.5. The second-order valence-corrected chi connectivity index (χ2v) is 4.30. The highest BCUT2D eigenvalue weighted by molar-refractivity contribution is 5.81. The molecule has 5 heteroatoms. The number of aromatic hydroxyl groups is 1. The van der Waals surface area contributed by atoms with E-state index in [9.17, 15) is 9.50 Å². The third kappa shape index (κ3) is 2.35. The second-order valence-electron chi connectivity index (χ2n) is 4.30. The molecule has 0 amide bonds. The summed E-state index contributed by atoms with van der Waals surface area (Å²) in [5.41, 5.74) is 2.36. The van der Waals surface area contributed by atoms with Crippen molar-refractivity contribution in [1.29, 1.82) is 0 Å². The molecule has 1 heterocycles. The number of fused-ring (bicyclic) bond motifs is 1. The molecule has 0 fully saturated rings. The van der Waals surface area contributed by atoms with Crippen molar-refractivity contribution in [3.63, 3.8) is 0 Å². The van der Waals surface area contributed by atoms with E-state index in [2.05, 4.69) is 15.5 Å². The third-order valence-electron chi connectivity index (χ3n) is 2.96. The molecular formula is C14H12FN3O. The van der Waals surface area contributed by atoms with E-state index < -0.39 is 0 Å². The van der Waals surface area contributed by atoms with E-state index in [1.165, 1.54) is 18.2 Å². The number of nitrogens with one attached hydrogen (secondary N) is 2. The van der Waals surface area contributed by atoms with Gasteiger partial charge >= 0.3 is 0 Å². The van der Waals surface area contributed by atoms with E-state index in [0.717, 1.165) is 16.6 Å². The molecule has 0 saturated carbocycles. The van der Waals surface area contributed by atoms with E-state index in [4.69, 9.17) is 0 Å². The van der Waals surface area contributed by atoms with Gasteiger partial charge in [-0.25, -0.2) is 4.39 Å². The predicted octanol–water partition coefficient (Wildman–Crippen LogP) is 3.02. The van der Waals surface area contributed by atoms with Crippen molar-refractivity contribution in [3.05, 3.63) is 54.0 Å². The highest BCUT2D eigenvalue weighted by Crippen LogP contribution is 2.21. The first-order valence-corrected chi connectivity index (χ1v) is 5.87. The molecule has 3 aromatic rings. The summed E-state index contributed by atoms with van der Waals surface area (Å²) >= 11 is 0. The van der Waals surface area contributed by atoms with Gasteiger partial charge in [-0.3, -0.25) is 5.10 Å². The minimum absolute atomic E-state index is 0.0817. The molecule has 3 N–H and O–H groups in total. The van der Waals surface area contributed by atoms with Crippen molar-refractivity contribution in [2.45, 2.75) is 6.54 Å². The standard InChI is InChI=1S/C14H12FN3O/c15-11-1-4-14(19)10(5-11)7-16-12-2-3-13-9(6-12)8-17-18-13/h1-6,8,16,19H,7H2,(H,17,18). The van der Waals surface area contributed by atoms with Crippen LogP contribution < -0.4 is 5.32 Å². The Labute approximate surface area is 108 Å². The summed E-state index contributed by atoms with van der Waals surface area (Å²) in [5.74, 6) is -0.279. The molecule has 0 aliphatic rings. The fraction of sp³-hybridized carbons (Fsp3) is 0.0714. The second kappa shape index (κ2) is 4.61. The maximum atomic E-state index is 13.1. The van der Waals surface area contributed by atoms with E-state index >= 15 is 0 Å². The van der Waals surface area contributed by atoms with Crippen LogP contribution in [0.4, 0.5) is 10.1 Å². The first-order valence-electron chi connectivity index (χ1n) is 5.87. The Morgan fingerprint density at radius 3 is 3.00 bits per heavy atom. The summed E-state index contributed by atoms with van der Waals surface area (Å²) in [6.45, 7) is 0.354. The molecule has 3 rings (SSSR count). The maximum Gasteiger partial charge on any atom is 0.123 e. The first-order chi connectivity index (χ1) is 9.22. The Morgan fingerprint density at radius 1 is 1.21 bits per heavy atom. The summed E-state index contributed by atoms with van der Waals surface area (Å²) in [6.07, 6.45) is 1.74. The Morgan fingerprint density at radius 2 is 2.11 bits per heavy atom. The molecule has 0 bridgehead atoms. The Balaban J connectivity index is 1.79. The number of nitrogens with zero attached hydrogens (tertiary/aromatic N) is 1. The predicted molar refractivity (Wildman–Crippen MR) is 71.5 cm³/mol. The zero-order chi connectivity index (χ0) is 13.2. The summed E-state index contributed by atoms with van der Waals surface area (Å²) < 4.78 is 13.1. The molecule has 0 aliphatic heterocycles. The number of benzene rings is 2. The smallest absolute Gasteiger partial charge is 0.123 e. The summed E-state index contributed by atoms with van der Waals surface area (Å²) in [4.78, 5) is 0. The average Bonchev–Trinajstić information content (AvgIpc) is 2.87. The lowest BCUT2D eigenvalue weighted by Crippen LogP contribution is -2.00. The number of H-pyrrole nitrogens is 1. The van der Waals surface area contributed by atoms with Crippen molar-refractivity contribution < 1.29 is 9.50 Å². The number of phenolic OH excluding ortho intramolecular Hbond substituents is 1. The van der Waals surface area contributed by atoms with Gasteiger partial charge in [-0.05, 0) is 36.4 Å². The van der Waals surface area contributed by atoms with Crippen LogP contribution in [0.5, 0.6) is 5.75 Å². The molecule has 1 aromatic heterocycles. The highest BCUT2D eigenvalue weighted by atomic mass is 19.1. The van der Waals surface area contributed by atoms with Crippen molar-refractivity contribution in [2.24, 2.45) is 0 Å². The average molecular weight is 257 g/mol. The van der Waals surface area contributed by atoms with Crippen LogP contribution in [-0.2, 0) is 6.54 Å². The van der Waals surface area contributed by atoms with Crippen molar-refractivity contribution in [1.82, 2.24) is 10.2 Å². The Hall–Kier alpha value is -2.56.